The Morgan fingerprint density at radius 3 is 2.72 bits per heavy atom. The molecule has 0 saturated heterocycles. The first-order valence-electron chi connectivity index (χ1n) is 6.87. The van der Waals surface area contributed by atoms with Gasteiger partial charge in [0.15, 0.2) is 0 Å². The minimum atomic E-state index is -0.168. The quantitative estimate of drug-likeness (QED) is 0.762. The van der Waals surface area contributed by atoms with E-state index >= 15 is 0 Å². The van der Waals surface area contributed by atoms with Gasteiger partial charge in [-0.3, -0.25) is 0 Å². The first-order valence-corrected chi connectivity index (χ1v) is 6.87. The van der Waals surface area contributed by atoms with E-state index < -0.39 is 0 Å². The van der Waals surface area contributed by atoms with E-state index in [-0.39, 0.29) is 5.82 Å². The molecule has 0 aliphatic rings. The van der Waals surface area contributed by atoms with Crippen molar-refractivity contribution in [2.45, 2.75) is 39.2 Å². The summed E-state index contributed by atoms with van der Waals surface area (Å²) >= 11 is 0. The SMILES string of the molecule is CCNC(CC)CCCN(C)c1cccc(F)c1. The van der Waals surface area contributed by atoms with Crippen molar-refractivity contribution in [1.82, 2.24) is 5.32 Å². The second-order valence-electron chi connectivity index (χ2n) is 4.71. The first kappa shape index (κ1) is 15.0. The smallest absolute Gasteiger partial charge is 0.125 e. The van der Waals surface area contributed by atoms with E-state index in [2.05, 4.69) is 24.1 Å². The summed E-state index contributed by atoms with van der Waals surface area (Å²) in [4.78, 5) is 2.11. The molecule has 0 amide bonds. The average molecular weight is 252 g/mol. The molecule has 0 saturated carbocycles. The standard InChI is InChI=1S/C15H25FN2/c1-4-14(17-5-2)9-7-11-18(3)15-10-6-8-13(16)12-15/h6,8,10,12,14,17H,4-5,7,9,11H2,1-3H3. The summed E-state index contributed by atoms with van der Waals surface area (Å²) in [7, 11) is 2.02. The van der Waals surface area contributed by atoms with Crippen LogP contribution in [0.15, 0.2) is 24.3 Å². The van der Waals surface area contributed by atoms with Gasteiger partial charge in [0.2, 0.25) is 0 Å². The van der Waals surface area contributed by atoms with Gasteiger partial charge in [0.05, 0.1) is 0 Å². The van der Waals surface area contributed by atoms with E-state index in [4.69, 9.17) is 0 Å². The Morgan fingerprint density at radius 2 is 2.11 bits per heavy atom. The summed E-state index contributed by atoms with van der Waals surface area (Å²) in [5.41, 5.74) is 0.950. The van der Waals surface area contributed by atoms with Gasteiger partial charge in [-0.05, 0) is 44.0 Å². The Labute approximate surface area is 110 Å². The van der Waals surface area contributed by atoms with Crippen LogP contribution in [0.5, 0.6) is 0 Å². The molecule has 1 aromatic carbocycles. The van der Waals surface area contributed by atoms with Crippen LogP contribution in [0.3, 0.4) is 0 Å². The third kappa shape index (κ3) is 5.05. The molecule has 2 nitrogen and oxygen atoms in total. The zero-order valence-corrected chi connectivity index (χ0v) is 11.7. The predicted octanol–water partition coefficient (Wildman–Crippen LogP) is 3.43. The fourth-order valence-electron chi connectivity index (χ4n) is 2.16. The van der Waals surface area contributed by atoms with Crippen molar-refractivity contribution < 1.29 is 4.39 Å². The first-order chi connectivity index (χ1) is 8.67. The summed E-state index contributed by atoms with van der Waals surface area (Å²) in [6.07, 6.45) is 3.46. The minimum Gasteiger partial charge on any atom is -0.375 e. The zero-order valence-electron chi connectivity index (χ0n) is 11.7. The van der Waals surface area contributed by atoms with Crippen LogP contribution in [-0.4, -0.2) is 26.2 Å². The van der Waals surface area contributed by atoms with Gasteiger partial charge in [-0.2, -0.15) is 0 Å². The van der Waals surface area contributed by atoms with Crippen LogP contribution in [0.4, 0.5) is 10.1 Å². The van der Waals surface area contributed by atoms with Crippen LogP contribution in [0.25, 0.3) is 0 Å². The predicted molar refractivity (Wildman–Crippen MR) is 76.7 cm³/mol. The molecule has 0 heterocycles. The Morgan fingerprint density at radius 1 is 1.33 bits per heavy atom. The van der Waals surface area contributed by atoms with Crippen LogP contribution >= 0.6 is 0 Å². The molecule has 0 aliphatic carbocycles. The van der Waals surface area contributed by atoms with E-state index in [0.29, 0.717) is 6.04 Å². The number of hydrogen-bond acceptors (Lipinski definition) is 2. The summed E-state index contributed by atoms with van der Waals surface area (Å²) in [5.74, 6) is -0.168. The minimum absolute atomic E-state index is 0.168. The highest BCUT2D eigenvalue weighted by atomic mass is 19.1. The molecule has 0 radical (unpaired) electrons. The lowest BCUT2D eigenvalue weighted by Crippen LogP contribution is -2.29. The van der Waals surface area contributed by atoms with Crippen molar-refractivity contribution in [2.75, 3.05) is 25.0 Å². The molecule has 102 valence electrons. The topological polar surface area (TPSA) is 15.3 Å². The van der Waals surface area contributed by atoms with Gasteiger partial charge in [-0.1, -0.05) is 19.9 Å². The molecule has 0 bridgehead atoms. The van der Waals surface area contributed by atoms with Gasteiger partial charge < -0.3 is 10.2 Å². The summed E-state index contributed by atoms with van der Waals surface area (Å²) < 4.78 is 13.1. The highest BCUT2D eigenvalue weighted by Crippen LogP contribution is 2.14. The number of benzene rings is 1. The van der Waals surface area contributed by atoms with E-state index in [1.54, 1.807) is 12.1 Å². The molecule has 0 aromatic heterocycles. The monoisotopic (exact) mass is 252 g/mol. The third-order valence-electron chi connectivity index (χ3n) is 3.28. The lowest BCUT2D eigenvalue weighted by molar-refractivity contribution is 0.468. The molecule has 1 unspecified atom stereocenters. The van der Waals surface area contributed by atoms with E-state index in [1.807, 2.05) is 13.1 Å². The van der Waals surface area contributed by atoms with Crippen LogP contribution in [-0.2, 0) is 0 Å². The molecule has 1 aromatic rings. The van der Waals surface area contributed by atoms with Gasteiger partial charge in [0.1, 0.15) is 5.82 Å². The van der Waals surface area contributed by atoms with Crippen LogP contribution < -0.4 is 10.2 Å². The van der Waals surface area contributed by atoms with Crippen molar-refractivity contribution >= 4 is 5.69 Å². The fraction of sp³-hybridized carbons (Fsp3) is 0.600. The highest BCUT2D eigenvalue weighted by molar-refractivity contribution is 5.45. The van der Waals surface area contributed by atoms with Crippen LogP contribution in [0, 0.1) is 5.82 Å². The summed E-state index contributed by atoms with van der Waals surface area (Å²) in [5, 5.41) is 3.48. The lowest BCUT2D eigenvalue weighted by Gasteiger charge is -2.21. The maximum absolute atomic E-state index is 13.1. The van der Waals surface area contributed by atoms with Crippen molar-refractivity contribution in [3.63, 3.8) is 0 Å². The molecule has 0 fully saturated rings. The van der Waals surface area contributed by atoms with Gasteiger partial charge in [-0.25, -0.2) is 4.39 Å². The molecule has 18 heavy (non-hydrogen) atoms. The highest BCUT2D eigenvalue weighted by Gasteiger charge is 2.06. The fourth-order valence-corrected chi connectivity index (χ4v) is 2.16. The number of hydrogen-bond donors (Lipinski definition) is 1. The van der Waals surface area contributed by atoms with Crippen LogP contribution in [0.2, 0.25) is 0 Å². The van der Waals surface area contributed by atoms with Crippen molar-refractivity contribution in [1.29, 1.82) is 0 Å². The zero-order chi connectivity index (χ0) is 13.4. The number of anilines is 1. The Kier molecular flexibility index (Phi) is 6.73. The van der Waals surface area contributed by atoms with E-state index in [1.165, 1.54) is 12.5 Å². The van der Waals surface area contributed by atoms with E-state index in [0.717, 1.165) is 31.6 Å². The molecule has 1 atom stereocenters. The Balaban J connectivity index is 2.34. The molecule has 0 aliphatic heterocycles. The molecular formula is C15H25FN2. The molecule has 3 heteroatoms. The van der Waals surface area contributed by atoms with Crippen molar-refractivity contribution in [2.24, 2.45) is 0 Å². The summed E-state index contributed by atoms with van der Waals surface area (Å²) in [6, 6.07) is 7.38. The van der Waals surface area contributed by atoms with Crippen molar-refractivity contribution in [3.05, 3.63) is 30.1 Å². The number of nitrogens with zero attached hydrogens (tertiary/aromatic N) is 1. The second-order valence-corrected chi connectivity index (χ2v) is 4.71. The van der Waals surface area contributed by atoms with Gasteiger partial charge in [0, 0.05) is 25.3 Å². The maximum Gasteiger partial charge on any atom is 0.125 e. The molecular weight excluding hydrogens is 227 g/mol. The Hall–Kier alpha value is -1.09. The second kappa shape index (κ2) is 8.09. The number of rotatable bonds is 8. The van der Waals surface area contributed by atoms with Gasteiger partial charge in [0.25, 0.3) is 0 Å². The Bertz CT molecular complexity index is 341. The molecule has 0 spiro atoms. The molecule has 1 rings (SSSR count). The van der Waals surface area contributed by atoms with Gasteiger partial charge >= 0.3 is 0 Å². The molecule has 1 N–H and O–H groups in total. The van der Waals surface area contributed by atoms with Gasteiger partial charge in [-0.15, -0.1) is 0 Å². The maximum atomic E-state index is 13.1. The number of halogens is 1. The van der Waals surface area contributed by atoms with Crippen molar-refractivity contribution in [3.8, 4) is 0 Å². The average Bonchev–Trinajstić information content (AvgIpc) is 2.37. The number of nitrogens with one attached hydrogen (secondary N) is 1. The van der Waals surface area contributed by atoms with E-state index in [9.17, 15) is 4.39 Å². The lowest BCUT2D eigenvalue weighted by atomic mass is 10.1. The van der Waals surface area contributed by atoms with Crippen LogP contribution in [0.1, 0.15) is 33.1 Å². The normalized spacial score (nSPS) is 12.4. The summed E-state index contributed by atoms with van der Waals surface area (Å²) in [6.45, 7) is 6.34. The third-order valence-corrected chi connectivity index (χ3v) is 3.28. The largest absolute Gasteiger partial charge is 0.375 e.